The summed E-state index contributed by atoms with van der Waals surface area (Å²) in [6.45, 7) is -0.772. The fourth-order valence-corrected chi connectivity index (χ4v) is 0.939. The van der Waals surface area contributed by atoms with E-state index in [-0.39, 0.29) is 0 Å². The first kappa shape index (κ1) is 15.6. The van der Waals surface area contributed by atoms with Gasteiger partial charge in [-0.1, -0.05) is 6.32 Å². The highest BCUT2D eigenvalue weighted by molar-refractivity contribution is 6.59. The van der Waals surface area contributed by atoms with Crippen LogP contribution in [0.1, 0.15) is 20.8 Å². The standard InChI is InChI=1S/C8H14BF3NO4/c1-8(2,3)17-7(16)13-5(6(14)15)4-9(10,11)12/h5H,4H2,1-3H3,(H,13,16)(H,14,15)/q-1. The molecule has 0 heterocycles. The van der Waals surface area contributed by atoms with Crippen molar-refractivity contribution in [3.05, 3.63) is 0 Å². The number of carbonyl (C=O) groups excluding carboxylic acids is 1. The summed E-state index contributed by atoms with van der Waals surface area (Å²) in [5, 5.41) is 10.2. The van der Waals surface area contributed by atoms with Gasteiger partial charge in [-0.05, 0) is 20.8 Å². The number of hydrogen-bond acceptors (Lipinski definition) is 3. The molecule has 0 saturated carbocycles. The van der Waals surface area contributed by atoms with Gasteiger partial charge in [0, 0.05) is 0 Å². The summed E-state index contributed by atoms with van der Waals surface area (Å²) >= 11 is 0. The minimum atomic E-state index is -5.30. The van der Waals surface area contributed by atoms with Gasteiger partial charge in [-0.25, -0.2) is 4.79 Å². The topological polar surface area (TPSA) is 75.6 Å². The van der Waals surface area contributed by atoms with Crippen LogP contribution in [0.5, 0.6) is 0 Å². The molecular formula is C8H14BF3NO4-. The van der Waals surface area contributed by atoms with Crippen LogP contribution in [0.15, 0.2) is 0 Å². The van der Waals surface area contributed by atoms with Gasteiger partial charge < -0.3 is 28.1 Å². The third kappa shape index (κ3) is 8.41. The minimum Gasteiger partial charge on any atom is -0.480 e. The molecule has 17 heavy (non-hydrogen) atoms. The van der Waals surface area contributed by atoms with E-state index < -0.39 is 37.0 Å². The summed E-state index contributed by atoms with van der Waals surface area (Å²) in [7, 11) is 0. The Morgan fingerprint density at radius 1 is 1.35 bits per heavy atom. The molecule has 0 bridgehead atoms. The monoisotopic (exact) mass is 256 g/mol. The van der Waals surface area contributed by atoms with Gasteiger partial charge in [-0.15, -0.1) is 0 Å². The Balaban J connectivity index is 4.47. The first-order chi connectivity index (χ1) is 7.41. The number of alkyl carbamates (subject to hydrolysis) is 1. The van der Waals surface area contributed by atoms with Crippen molar-refractivity contribution in [2.45, 2.75) is 38.7 Å². The van der Waals surface area contributed by atoms with E-state index in [4.69, 9.17) is 5.11 Å². The number of rotatable bonds is 4. The van der Waals surface area contributed by atoms with E-state index in [2.05, 4.69) is 4.74 Å². The number of carboxylic acid groups (broad SMARTS) is 1. The zero-order valence-corrected chi connectivity index (χ0v) is 9.67. The van der Waals surface area contributed by atoms with Gasteiger partial charge >= 0.3 is 19.0 Å². The zero-order valence-electron chi connectivity index (χ0n) is 9.67. The van der Waals surface area contributed by atoms with E-state index in [1.807, 2.05) is 0 Å². The molecule has 0 aromatic carbocycles. The average Bonchev–Trinajstić information content (AvgIpc) is 1.95. The third-order valence-corrected chi connectivity index (χ3v) is 1.49. The molecule has 0 spiro atoms. The number of amides is 1. The van der Waals surface area contributed by atoms with Crippen molar-refractivity contribution in [3.8, 4) is 0 Å². The molecule has 0 aliphatic rings. The average molecular weight is 256 g/mol. The van der Waals surface area contributed by atoms with Crippen molar-refractivity contribution >= 4 is 19.0 Å². The van der Waals surface area contributed by atoms with Crippen molar-refractivity contribution in [1.82, 2.24) is 5.32 Å². The summed E-state index contributed by atoms with van der Waals surface area (Å²) in [4.78, 5) is 21.6. The van der Waals surface area contributed by atoms with Crippen LogP contribution < -0.4 is 5.32 Å². The highest BCUT2D eigenvalue weighted by Crippen LogP contribution is 2.17. The molecule has 0 rings (SSSR count). The molecule has 9 heteroatoms. The maximum atomic E-state index is 12.1. The number of ether oxygens (including phenoxy) is 1. The molecule has 1 amide bonds. The quantitative estimate of drug-likeness (QED) is 0.752. The Kier molecular flexibility index (Phi) is 4.85. The van der Waals surface area contributed by atoms with Gasteiger partial charge in [-0.3, -0.25) is 4.79 Å². The van der Waals surface area contributed by atoms with Crippen LogP contribution in [-0.2, 0) is 9.53 Å². The first-order valence-electron chi connectivity index (χ1n) is 4.84. The highest BCUT2D eigenvalue weighted by atomic mass is 19.4. The molecule has 2 N–H and O–H groups in total. The summed E-state index contributed by atoms with van der Waals surface area (Å²) in [6.07, 6.45) is -2.78. The first-order valence-corrected chi connectivity index (χ1v) is 4.84. The molecule has 100 valence electrons. The molecule has 1 unspecified atom stereocenters. The van der Waals surface area contributed by atoms with Gasteiger partial charge in [0.05, 0.1) is 0 Å². The van der Waals surface area contributed by atoms with Crippen molar-refractivity contribution < 1.29 is 32.4 Å². The molecule has 0 aromatic rings. The lowest BCUT2D eigenvalue weighted by molar-refractivity contribution is -0.139. The molecule has 1 atom stereocenters. The van der Waals surface area contributed by atoms with Crippen LogP contribution >= 0.6 is 0 Å². The molecule has 0 radical (unpaired) electrons. The Morgan fingerprint density at radius 2 is 1.82 bits per heavy atom. The Labute approximate surface area is 96.4 Å². The largest absolute Gasteiger partial charge is 0.480 e. The molecule has 0 aliphatic heterocycles. The maximum Gasteiger partial charge on any atom is 0.480 e. The van der Waals surface area contributed by atoms with Crippen LogP contribution in [0, 0.1) is 0 Å². The van der Waals surface area contributed by atoms with Crippen molar-refractivity contribution in [3.63, 3.8) is 0 Å². The lowest BCUT2D eigenvalue weighted by atomic mass is 9.81. The van der Waals surface area contributed by atoms with E-state index in [1.165, 1.54) is 20.8 Å². The molecular weight excluding hydrogens is 242 g/mol. The minimum absolute atomic E-state index is 0.906. The van der Waals surface area contributed by atoms with Gasteiger partial charge in [-0.2, -0.15) is 0 Å². The van der Waals surface area contributed by atoms with Crippen molar-refractivity contribution in [2.24, 2.45) is 0 Å². The van der Waals surface area contributed by atoms with Crippen molar-refractivity contribution in [2.75, 3.05) is 0 Å². The second-order valence-electron chi connectivity index (χ2n) is 4.48. The summed E-state index contributed by atoms with van der Waals surface area (Å²) in [5.41, 5.74) is -0.906. The van der Waals surface area contributed by atoms with E-state index in [0.29, 0.717) is 0 Å². The number of halogens is 3. The predicted molar refractivity (Wildman–Crippen MR) is 54.7 cm³/mol. The van der Waals surface area contributed by atoms with E-state index >= 15 is 0 Å². The summed E-state index contributed by atoms with van der Waals surface area (Å²) in [6, 6.07) is -2.02. The molecule has 0 aromatic heterocycles. The van der Waals surface area contributed by atoms with Crippen LogP contribution in [0.25, 0.3) is 0 Å². The number of nitrogens with one attached hydrogen (secondary N) is 1. The Bertz CT molecular complexity index is 300. The van der Waals surface area contributed by atoms with Gasteiger partial charge in [0.2, 0.25) is 0 Å². The fourth-order valence-electron chi connectivity index (χ4n) is 0.939. The van der Waals surface area contributed by atoms with Gasteiger partial charge in [0.25, 0.3) is 0 Å². The van der Waals surface area contributed by atoms with Crippen molar-refractivity contribution in [1.29, 1.82) is 0 Å². The lowest BCUT2D eigenvalue weighted by Crippen LogP contribution is -2.46. The number of carbonyl (C=O) groups is 2. The van der Waals surface area contributed by atoms with Gasteiger partial charge in [0.1, 0.15) is 11.6 Å². The second kappa shape index (κ2) is 5.28. The normalized spacial score (nSPS) is 14.0. The summed E-state index contributed by atoms with van der Waals surface area (Å²) < 4.78 is 40.8. The summed E-state index contributed by atoms with van der Waals surface area (Å²) in [5.74, 6) is -1.75. The molecule has 0 aliphatic carbocycles. The van der Waals surface area contributed by atoms with Crippen LogP contribution in [-0.4, -0.2) is 35.8 Å². The molecule has 0 saturated heterocycles. The molecule has 5 nitrogen and oxygen atoms in total. The van der Waals surface area contributed by atoms with Crippen LogP contribution in [0.3, 0.4) is 0 Å². The second-order valence-corrected chi connectivity index (χ2v) is 4.48. The third-order valence-electron chi connectivity index (χ3n) is 1.49. The Hall–Kier alpha value is -1.41. The van der Waals surface area contributed by atoms with Crippen LogP contribution in [0.2, 0.25) is 6.32 Å². The number of hydrogen-bond donors (Lipinski definition) is 2. The lowest BCUT2D eigenvalue weighted by Gasteiger charge is -2.24. The van der Waals surface area contributed by atoms with Gasteiger partial charge in [0.15, 0.2) is 0 Å². The van der Waals surface area contributed by atoms with E-state index in [9.17, 15) is 22.5 Å². The maximum absolute atomic E-state index is 12.1. The van der Waals surface area contributed by atoms with E-state index in [1.54, 1.807) is 5.32 Å². The molecule has 0 fully saturated rings. The van der Waals surface area contributed by atoms with E-state index in [0.717, 1.165) is 0 Å². The smallest absolute Gasteiger partial charge is 0.480 e. The SMILES string of the molecule is CC(C)(C)OC(=O)NC(C[B-](F)(F)F)C(=O)O. The van der Waals surface area contributed by atoms with Crippen LogP contribution in [0.4, 0.5) is 17.7 Å². The zero-order chi connectivity index (χ0) is 13.9. The predicted octanol–water partition coefficient (Wildman–Crippen LogP) is 1.81. The Morgan fingerprint density at radius 3 is 2.12 bits per heavy atom. The highest BCUT2D eigenvalue weighted by Gasteiger charge is 2.33. The number of aliphatic carboxylic acids is 1. The number of carboxylic acids is 1. The fraction of sp³-hybridized carbons (Fsp3) is 0.750.